The van der Waals surface area contributed by atoms with E-state index in [1.54, 1.807) is 36.4 Å². The van der Waals surface area contributed by atoms with Crippen LogP contribution in [-0.2, 0) is 11.4 Å². The molecule has 0 atom stereocenters. The van der Waals surface area contributed by atoms with Gasteiger partial charge in [0.1, 0.15) is 5.70 Å². The Labute approximate surface area is 160 Å². The number of aliphatic carboxylic acids is 1. The van der Waals surface area contributed by atoms with Gasteiger partial charge in [-0.15, -0.1) is 11.3 Å². The first-order valence-corrected chi connectivity index (χ1v) is 9.00. The molecule has 3 rings (SSSR count). The summed E-state index contributed by atoms with van der Waals surface area (Å²) in [5.41, 5.74) is 1.88. The van der Waals surface area contributed by atoms with Crippen LogP contribution in [0.2, 0.25) is 0 Å². The molecule has 1 aromatic heterocycles. The molecular formula is C21H17NO4S. The number of aliphatic hydroxyl groups excluding tert-OH is 1. The molecule has 3 aromatic rings. The Hall–Kier alpha value is -3.22. The largest absolute Gasteiger partial charge is 0.477 e. The summed E-state index contributed by atoms with van der Waals surface area (Å²) in [5.74, 6) is -1.70. The highest BCUT2D eigenvalue weighted by Crippen LogP contribution is 2.31. The summed E-state index contributed by atoms with van der Waals surface area (Å²) >= 11 is 1.38. The van der Waals surface area contributed by atoms with Gasteiger partial charge in [-0.25, -0.2) is 4.79 Å². The number of nitrogens with one attached hydrogen (secondary N) is 1. The van der Waals surface area contributed by atoms with E-state index < -0.39 is 11.9 Å². The minimum atomic E-state index is -1.22. The van der Waals surface area contributed by atoms with Gasteiger partial charge in [-0.1, -0.05) is 42.5 Å². The van der Waals surface area contributed by atoms with Gasteiger partial charge in [-0.2, -0.15) is 0 Å². The fraction of sp³-hybridized carbons (Fsp3) is 0.0476. The highest BCUT2D eigenvalue weighted by molar-refractivity contribution is 7.16. The van der Waals surface area contributed by atoms with Crippen LogP contribution < -0.4 is 5.32 Å². The number of hydrogen-bond acceptors (Lipinski definition) is 4. The molecule has 1 heterocycles. The maximum atomic E-state index is 12.2. The summed E-state index contributed by atoms with van der Waals surface area (Å²) < 4.78 is 0. The molecule has 0 aliphatic carbocycles. The van der Waals surface area contributed by atoms with Crippen molar-refractivity contribution in [2.45, 2.75) is 6.61 Å². The van der Waals surface area contributed by atoms with Crippen molar-refractivity contribution in [2.24, 2.45) is 0 Å². The van der Waals surface area contributed by atoms with Crippen molar-refractivity contribution in [1.82, 2.24) is 5.32 Å². The second-order valence-electron chi connectivity index (χ2n) is 5.70. The Morgan fingerprint density at radius 2 is 1.67 bits per heavy atom. The van der Waals surface area contributed by atoms with Crippen molar-refractivity contribution in [3.05, 3.63) is 88.4 Å². The molecule has 6 heteroatoms. The number of amides is 1. The first kappa shape index (κ1) is 18.6. The second-order valence-corrected chi connectivity index (χ2v) is 6.82. The summed E-state index contributed by atoms with van der Waals surface area (Å²) in [6.45, 7) is -0.0766. The van der Waals surface area contributed by atoms with E-state index in [-0.39, 0.29) is 12.3 Å². The molecule has 0 radical (unpaired) electrons. The predicted octanol–water partition coefficient (Wildman–Crippen LogP) is 3.76. The number of carboxylic acid groups (broad SMARTS) is 1. The molecule has 0 spiro atoms. The molecule has 0 saturated heterocycles. The first-order valence-electron chi connectivity index (χ1n) is 8.19. The number of carbonyl (C=O) groups is 2. The molecule has 136 valence electrons. The topological polar surface area (TPSA) is 86.6 Å². The molecule has 1 amide bonds. The molecule has 0 saturated carbocycles. The quantitative estimate of drug-likeness (QED) is 0.569. The van der Waals surface area contributed by atoms with E-state index >= 15 is 0 Å². The van der Waals surface area contributed by atoms with Crippen LogP contribution in [-0.4, -0.2) is 22.1 Å². The average Bonchev–Trinajstić information content (AvgIpc) is 3.16. The normalized spacial score (nSPS) is 11.2. The highest BCUT2D eigenvalue weighted by Gasteiger charge is 2.14. The van der Waals surface area contributed by atoms with Crippen LogP contribution in [0.3, 0.4) is 0 Å². The Morgan fingerprint density at radius 3 is 2.37 bits per heavy atom. The van der Waals surface area contributed by atoms with Crippen LogP contribution in [0.1, 0.15) is 20.8 Å². The maximum absolute atomic E-state index is 12.2. The standard InChI is InChI=1S/C21H17NO4S/c23-13-15-8-4-5-9-17(15)19-11-10-16(27-19)12-18(21(25)26)22-20(24)14-6-2-1-3-7-14/h1-12,23H,13H2,(H,22,24)(H,25,26)/b18-12+. The van der Waals surface area contributed by atoms with Crippen molar-refractivity contribution in [2.75, 3.05) is 0 Å². The van der Waals surface area contributed by atoms with E-state index in [2.05, 4.69) is 5.32 Å². The number of benzene rings is 2. The lowest BCUT2D eigenvalue weighted by Crippen LogP contribution is -2.27. The van der Waals surface area contributed by atoms with Gasteiger partial charge < -0.3 is 15.5 Å². The molecule has 0 bridgehead atoms. The molecule has 3 N–H and O–H groups in total. The molecular weight excluding hydrogens is 362 g/mol. The van der Waals surface area contributed by atoms with Gasteiger partial charge in [-0.3, -0.25) is 4.79 Å². The second kappa shape index (κ2) is 8.44. The van der Waals surface area contributed by atoms with E-state index in [1.165, 1.54) is 17.4 Å². The molecule has 0 fully saturated rings. The minimum Gasteiger partial charge on any atom is -0.477 e. The van der Waals surface area contributed by atoms with Crippen LogP contribution in [0.4, 0.5) is 0 Å². The lowest BCUT2D eigenvalue weighted by Gasteiger charge is -2.06. The van der Waals surface area contributed by atoms with E-state index in [4.69, 9.17) is 0 Å². The Bertz CT molecular complexity index is 992. The molecule has 27 heavy (non-hydrogen) atoms. The van der Waals surface area contributed by atoms with Crippen molar-refractivity contribution in [1.29, 1.82) is 0 Å². The van der Waals surface area contributed by atoms with E-state index in [9.17, 15) is 19.8 Å². The third-order valence-electron chi connectivity index (χ3n) is 3.88. The fourth-order valence-electron chi connectivity index (χ4n) is 2.55. The Balaban J connectivity index is 1.86. The van der Waals surface area contributed by atoms with Crippen molar-refractivity contribution < 1.29 is 19.8 Å². The third-order valence-corrected chi connectivity index (χ3v) is 4.95. The Kier molecular flexibility index (Phi) is 5.80. The van der Waals surface area contributed by atoms with E-state index in [0.29, 0.717) is 10.4 Å². The van der Waals surface area contributed by atoms with Gasteiger partial charge >= 0.3 is 5.97 Å². The highest BCUT2D eigenvalue weighted by atomic mass is 32.1. The summed E-state index contributed by atoms with van der Waals surface area (Å²) in [6, 6.07) is 19.6. The zero-order valence-corrected chi connectivity index (χ0v) is 15.1. The molecule has 0 aliphatic heterocycles. The van der Waals surface area contributed by atoms with Gasteiger partial charge in [0.2, 0.25) is 0 Å². The Morgan fingerprint density at radius 1 is 0.963 bits per heavy atom. The lowest BCUT2D eigenvalue weighted by molar-refractivity contribution is -0.132. The number of rotatable bonds is 6. The third kappa shape index (κ3) is 4.49. The number of carbonyl (C=O) groups excluding carboxylic acids is 1. The van der Waals surface area contributed by atoms with Crippen LogP contribution in [0.5, 0.6) is 0 Å². The van der Waals surface area contributed by atoms with Crippen LogP contribution in [0.25, 0.3) is 16.5 Å². The molecule has 0 unspecified atom stereocenters. The van der Waals surface area contributed by atoms with Gasteiger partial charge in [0.15, 0.2) is 0 Å². The summed E-state index contributed by atoms with van der Waals surface area (Å²) in [4.78, 5) is 25.3. The number of hydrogen-bond donors (Lipinski definition) is 3. The van der Waals surface area contributed by atoms with Crippen molar-refractivity contribution in [3.8, 4) is 10.4 Å². The van der Waals surface area contributed by atoms with Gasteiger partial charge in [0.25, 0.3) is 5.91 Å². The first-order chi connectivity index (χ1) is 13.1. The fourth-order valence-corrected chi connectivity index (χ4v) is 3.56. The number of aliphatic hydroxyl groups is 1. The average molecular weight is 379 g/mol. The summed E-state index contributed by atoms with van der Waals surface area (Å²) in [7, 11) is 0. The summed E-state index contributed by atoms with van der Waals surface area (Å²) in [6.07, 6.45) is 1.43. The van der Waals surface area contributed by atoms with Crippen molar-refractivity contribution in [3.63, 3.8) is 0 Å². The zero-order chi connectivity index (χ0) is 19.2. The van der Waals surface area contributed by atoms with Crippen LogP contribution in [0.15, 0.2) is 72.4 Å². The van der Waals surface area contributed by atoms with Gasteiger partial charge in [0.05, 0.1) is 6.61 Å². The lowest BCUT2D eigenvalue weighted by atomic mass is 10.1. The van der Waals surface area contributed by atoms with Crippen LogP contribution in [0, 0.1) is 0 Å². The predicted molar refractivity (Wildman–Crippen MR) is 105 cm³/mol. The SMILES string of the molecule is O=C(O)/C(=C\c1ccc(-c2ccccc2CO)s1)NC(=O)c1ccccc1. The van der Waals surface area contributed by atoms with Gasteiger partial charge in [0, 0.05) is 15.3 Å². The van der Waals surface area contributed by atoms with Crippen LogP contribution >= 0.6 is 11.3 Å². The van der Waals surface area contributed by atoms with Gasteiger partial charge in [-0.05, 0) is 41.5 Å². The smallest absolute Gasteiger partial charge is 0.352 e. The number of carboxylic acids is 1. The van der Waals surface area contributed by atoms with E-state index in [1.807, 2.05) is 30.3 Å². The number of thiophene rings is 1. The monoisotopic (exact) mass is 379 g/mol. The zero-order valence-electron chi connectivity index (χ0n) is 14.3. The molecule has 0 aliphatic rings. The molecule has 5 nitrogen and oxygen atoms in total. The maximum Gasteiger partial charge on any atom is 0.352 e. The minimum absolute atomic E-state index is 0.0766. The summed E-state index contributed by atoms with van der Waals surface area (Å²) in [5, 5.41) is 21.3. The molecule has 2 aromatic carbocycles. The van der Waals surface area contributed by atoms with Crippen molar-refractivity contribution >= 4 is 29.3 Å². The van der Waals surface area contributed by atoms with E-state index in [0.717, 1.165) is 16.0 Å².